The van der Waals surface area contributed by atoms with Crippen molar-refractivity contribution in [2.75, 3.05) is 11.6 Å². The Morgan fingerprint density at radius 3 is 2.38 bits per heavy atom. The van der Waals surface area contributed by atoms with E-state index >= 15 is 0 Å². The second-order valence-corrected chi connectivity index (χ2v) is 5.96. The third-order valence-corrected chi connectivity index (χ3v) is 4.56. The number of carbonyl (C=O) groups is 3. The SMILES string of the molecule is CCC(CC)(CN)NC(=O)c1ccc(N2NC(=O)CCC2=O)cc1. The summed E-state index contributed by atoms with van der Waals surface area (Å²) in [5, 5.41) is 4.21. The molecule has 0 atom stereocenters. The van der Waals surface area contributed by atoms with Gasteiger partial charge in [-0.15, -0.1) is 0 Å². The van der Waals surface area contributed by atoms with Gasteiger partial charge in [-0.2, -0.15) is 0 Å². The van der Waals surface area contributed by atoms with Crippen molar-refractivity contribution in [1.82, 2.24) is 10.7 Å². The molecule has 0 unspecified atom stereocenters. The zero-order chi connectivity index (χ0) is 17.7. The van der Waals surface area contributed by atoms with Gasteiger partial charge in [0.15, 0.2) is 0 Å². The number of nitrogens with one attached hydrogen (secondary N) is 2. The number of rotatable bonds is 6. The summed E-state index contributed by atoms with van der Waals surface area (Å²) in [7, 11) is 0. The summed E-state index contributed by atoms with van der Waals surface area (Å²) in [6, 6.07) is 6.54. The van der Waals surface area contributed by atoms with Crippen LogP contribution in [0.15, 0.2) is 24.3 Å². The molecule has 24 heavy (non-hydrogen) atoms. The van der Waals surface area contributed by atoms with E-state index in [2.05, 4.69) is 10.7 Å². The van der Waals surface area contributed by atoms with Crippen molar-refractivity contribution < 1.29 is 14.4 Å². The molecule has 0 aliphatic carbocycles. The van der Waals surface area contributed by atoms with E-state index < -0.39 is 5.54 Å². The highest BCUT2D eigenvalue weighted by Gasteiger charge is 2.27. The van der Waals surface area contributed by atoms with Crippen molar-refractivity contribution in [1.29, 1.82) is 0 Å². The molecule has 3 amide bonds. The fourth-order valence-corrected chi connectivity index (χ4v) is 2.63. The van der Waals surface area contributed by atoms with Crippen LogP contribution in [0.25, 0.3) is 0 Å². The summed E-state index contributed by atoms with van der Waals surface area (Å²) in [6.45, 7) is 4.35. The summed E-state index contributed by atoms with van der Waals surface area (Å²) in [6.07, 6.45) is 1.88. The molecule has 0 radical (unpaired) electrons. The average molecular weight is 332 g/mol. The Morgan fingerprint density at radius 1 is 1.21 bits per heavy atom. The van der Waals surface area contributed by atoms with Gasteiger partial charge in [0.1, 0.15) is 0 Å². The van der Waals surface area contributed by atoms with Crippen LogP contribution in [0, 0.1) is 0 Å². The lowest BCUT2D eigenvalue weighted by atomic mass is 9.92. The maximum atomic E-state index is 12.4. The van der Waals surface area contributed by atoms with Crippen molar-refractivity contribution in [2.24, 2.45) is 5.73 Å². The Bertz CT molecular complexity index is 615. The number of nitrogens with zero attached hydrogens (tertiary/aromatic N) is 1. The molecule has 7 nitrogen and oxygen atoms in total. The highest BCUT2D eigenvalue weighted by molar-refractivity contribution is 6.01. The molecule has 1 saturated heterocycles. The third kappa shape index (κ3) is 3.73. The predicted molar refractivity (Wildman–Crippen MR) is 91.1 cm³/mol. The van der Waals surface area contributed by atoms with E-state index in [0.29, 0.717) is 17.8 Å². The van der Waals surface area contributed by atoms with E-state index in [1.54, 1.807) is 24.3 Å². The first-order chi connectivity index (χ1) is 11.4. The van der Waals surface area contributed by atoms with Crippen molar-refractivity contribution >= 4 is 23.4 Å². The minimum atomic E-state index is -0.410. The molecule has 7 heteroatoms. The molecule has 1 heterocycles. The molecule has 1 aliphatic heterocycles. The molecule has 130 valence electrons. The third-order valence-electron chi connectivity index (χ3n) is 4.56. The largest absolute Gasteiger partial charge is 0.345 e. The number of hydrazine groups is 1. The van der Waals surface area contributed by atoms with Crippen LogP contribution in [0.1, 0.15) is 49.9 Å². The minimum Gasteiger partial charge on any atom is -0.345 e. The van der Waals surface area contributed by atoms with E-state index in [1.165, 1.54) is 5.01 Å². The lowest BCUT2D eigenvalue weighted by molar-refractivity contribution is -0.130. The maximum absolute atomic E-state index is 12.4. The van der Waals surface area contributed by atoms with Crippen molar-refractivity contribution in [3.8, 4) is 0 Å². The van der Waals surface area contributed by atoms with Gasteiger partial charge in [0.05, 0.1) is 11.2 Å². The summed E-state index contributed by atoms with van der Waals surface area (Å²) in [5.41, 5.74) is 8.93. The highest BCUT2D eigenvalue weighted by atomic mass is 16.2. The molecule has 0 saturated carbocycles. The molecular weight excluding hydrogens is 308 g/mol. The zero-order valence-electron chi connectivity index (χ0n) is 14.1. The molecule has 2 rings (SSSR count). The minimum absolute atomic E-state index is 0.175. The Balaban J connectivity index is 2.12. The Labute approximate surface area is 141 Å². The molecule has 0 bridgehead atoms. The van der Waals surface area contributed by atoms with E-state index in [0.717, 1.165) is 12.8 Å². The van der Waals surface area contributed by atoms with Crippen LogP contribution >= 0.6 is 0 Å². The smallest absolute Gasteiger partial charge is 0.251 e. The summed E-state index contributed by atoms with van der Waals surface area (Å²) in [5.74, 6) is -0.578. The predicted octanol–water partition coefficient (Wildman–Crippen LogP) is 1.09. The summed E-state index contributed by atoms with van der Waals surface area (Å²) in [4.78, 5) is 35.7. The van der Waals surface area contributed by atoms with Crippen molar-refractivity contribution in [3.63, 3.8) is 0 Å². The lowest BCUT2D eigenvalue weighted by Gasteiger charge is -2.31. The quantitative estimate of drug-likeness (QED) is 0.725. The first-order valence-corrected chi connectivity index (χ1v) is 8.19. The maximum Gasteiger partial charge on any atom is 0.251 e. The Hall–Kier alpha value is -2.41. The van der Waals surface area contributed by atoms with Gasteiger partial charge in [0.25, 0.3) is 5.91 Å². The van der Waals surface area contributed by atoms with Gasteiger partial charge in [0, 0.05) is 24.9 Å². The van der Waals surface area contributed by atoms with Crippen LogP contribution in [-0.4, -0.2) is 29.8 Å². The van der Waals surface area contributed by atoms with Crippen LogP contribution in [0.3, 0.4) is 0 Å². The van der Waals surface area contributed by atoms with Crippen LogP contribution in [-0.2, 0) is 9.59 Å². The Morgan fingerprint density at radius 2 is 1.83 bits per heavy atom. The summed E-state index contributed by atoms with van der Waals surface area (Å²) < 4.78 is 0. The number of benzene rings is 1. The molecule has 1 aromatic carbocycles. The van der Waals surface area contributed by atoms with Gasteiger partial charge < -0.3 is 11.1 Å². The van der Waals surface area contributed by atoms with Crippen LogP contribution in [0.2, 0.25) is 0 Å². The number of hydrogen-bond acceptors (Lipinski definition) is 4. The van der Waals surface area contributed by atoms with E-state index in [-0.39, 0.29) is 30.6 Å². The lowest BCUT2D eigenvalue weighted by Crippen LogP contribution is -2.53. The van der Waals surface area contributed by atoms with Gasteiger partial charge in [-0.1, -0.05) is 13.8 Å². The fourth-order valence-electron chi connectivity index (χ4n) is 2.63. The number of hydrogen-bond donors (Lipinski definition) is 3. The van der Waals surface area contributed by atoms with Crippen LogP contribution in [0.5, 0.6) is 0 Å². The second kappa shape index (κ2) is 7.44. The van der Waals surface area contributed by atoms with Gasteiger partial charge in [-0.3, -0.25) is 19.8 Å². The topological polar surface area (TPSA) is 105 Å². The van der Waals surface area contributed by atoms with Crippen LogP contribution in [0.4, 0.5) is 5.69 Å². The molecule has 1 aromatic rings. The molecule has 4 N–H and O–H groups in total. The molecular formula is C17H24N4O3. The van der Waals surface area contributed by atoms with Gasteiger partial charge >= 0.3 is 0 Å². The molecule has 0 aromatic heterocycles. The fraction of sp³-hybridized carbons (Fsp3) is 0.471. The van der Waals surface area contributed by atoms with Gasteiger partial charge in [-0.25, -0.2) is 5.01 Å². The Kier molecular flexibility index (Phi) is 5.56. The zero-order valence-corrected chi connectivity index (χ0v) is 14.1. The number of carbonyl (C=O) groups excluding carboxylic acids is 3. The number of amides is 3. The molecule has 1 aliphatic rings. The van der Waals surface area contributed by atoms with Crippen molar-refractivity contribution in [3.05, 3.63) is 29.8 Å². The monoisotopic (exact) mass is 332 g/mol. The number of nitrogens with two attached hydrogens (primary N) is 1. The van der Waals surface area contributed by atoms with E-state index in [4.69, 9.17) is 5.73 Å². The van der Waals surface area contributed by atoms with Crippen LogP contribution < -0.4 is 21.5 Å². The van der Waals surface area contributed by atoms with E-state index in [9.17, 15) is 14.4 Å². The normalized spacial score (nSPS) is 15.2. The molecule has 1 fully saturated rings. The standard InChI is InChI=1S/C17H24N4O3/c1-3-17(4-2,11-18)19-16(24)12-5-7-13(8-6-12)21-15(23)10-9-14(22)20-21/h5-8H,3-4,9-11,18H2,1-2H3,(H,19,24)(H,20,22). The average Bonchev–Trinajstić information content (AvgIpc) is 2.62. The second-order valence-electron chi connectivity index (χ2n) is 5.96. The first kappa shape index (κ1) is 17.9. The highest BCUT2D eigenvalue weighted by Crippen LogP contribution is 2.19. The number of anilines is 1. The van der Waals surface area contributed by atoms with E-state index in [1.807, 2.05) is 13.8 Å². The van der Waals surface area contributed by atoms with Crippen molar-refractivity contribution in [2.45, 2.75) is 45.1 Å². The van der Waals surface area contributed by atoms with Gasteiger partial charge in [-0.05, 0) is 37.1 Å². The molecule has 0 spiro atoms. The first-order valence-electron chi connectivity index (χ1n) is 8.19. The van der Waals surface area contributed by atoms with Gasteiger partial charge in [0.2, 0.25) is 11.8 Å². The summed E-state index contributed by atoms with van der Waals surface area (Å²) >= 11 is 0.